The quantitative estimate of drug-likeness (QED) is 0.780. The van der Waals surface area contributed by atoms with Gasteiger partial charge in [0.05, 0.1) is 13.2 Å². The van der Waals surface area contributed by atoms with E-state index in [4.69, 9.17) is 21.1 Å². The molecule has 0 aromatic heterocycles. The van der Waals surface area contributed by atoms with Crippen LogP contribution in [0.2, 0.25) is 5.02 Å². The predicted octanol–water partition coefficient (Wildman–Crippen LogP) is 3.36. The Kier molecular flexibility index (Phi) is 3.61. The summed E-state index contributed by atoms with van der Waals surface area (Å²) in [5, 5.41) is 0.0477. The average molecular weight is 267 g/mol. The molecular weight excluding hydrogens is 257 g/mol. The number of epoxide rings is 1. The zero-order valence-electron chi connectivity index (χ0n) is 8.71. The second-order valence-corrected chi connectivity index (χ2v) is 4.14. The van der Waals surface area contributed by atoms with Gasteiger partial charge in [0.25, 0.3) is 0 Å². The van der Waals surface area contributed by atoms with Crippen LogP contribution in [0.4, 0.5) is 13.2 Å². The van der Waals surface area contributed by atoms with Gasteiger partial charge in [-0.25, -0.2) is 0 Å². The Labute approximate surface area is 101 Å². The molecule has 1 aromatic rings. The van der Waals surface area contributed by atoms with Crippen LogP contribution in [0.5, 0.6) is 0 Å². The van der Waals surface area contributed by atoms with E-state index in [-0.39, 0.29) is 23.3 Å². The molecule has 2 atom stereocenters. The molecule has 1 saturated heterocycles. The molecule has 1 aromatic carbocycles. The Bertz CT molecular complexity index is 391. The van der Waals surface area contributed by atoms with Gasteiger partial charge in [-0.2, -0.15) is 13.2 Å². The van der Waals surface area contributed by atoms with E-state index in [2.05, 4.69) is 0 Å². The van der Waals surface area contributed by atoms with Crippen molar-refractivity contribution < 1.29 is 22.6 Å². The lowest BCUT2D eigenvalue weighted by atomic mass is 10.1. The van der Waals surface area contributed by atoms with Crippen LogP contribution in [-0.4, -0.2) is 25.5 Å². The summed E-state index contributed by atoms with van der Waals surface area (Å²) < 4.78 is 48.2. The third kappa shape index (κ3) is 3.34. The van der Waals surface area contributed by atoms with Crippen molar-refractivity contribution in [3.8, 4) is 0 Å². The minimum atomic E-state index is -4.49. The van der Waals surface area contributed by atoms with E-state index < -0.39 is 12.3 Å². The van der Waals surface area contributed by atoms with Crippen LogP contribution in [0, 0.1) is 0 Å². The van der Waals surface area contributed by atoms with E-state index >= 15 is 0 Å². The first-order chi connectivity index (χ1) is 7.98. The summed E-state index contributed by atoms with van der Waals surface area (Å²) in [4.78, 5) is 0. The first kappa shape index (κ1) is 12.7. The van der Waals surface area contributed by atoms with Crippen LogP contribution in [0.1, 0.15) is 11.7 Å². The molecule has 0 spiro atoms. The lowest BCUT2D eigenvalue weighted by molar-refractivity contribution is -0.224. The van der Waals surface area contributed by atoms with Crippen molar-refractivity contribution in [1.29, 1.82) is 0 Å². The summed E-state index contributed by atoms with van der Waals surface area (Å²) >= 11 is 5.74. The summed E-state index contributed by atoms with van der Waals surface area (Å²) in [5.74, 6) is 0. The maximum absolute atomic E-state index is 12.8. The van der Waals surface area contributed by atoms with Gasteiger partial charge < -0.3 is 9.47 Å². The molecular formula is C11H10ClF3O2. The molecule has 0 N–H and O–H groups in total. The summed E-state index contributed by atoms with van der Waals surface area (Å²) in [6.07, 6.45) is -6.71. The van der Waals surface area contributed by atoms with E-state index in [1.54, 1.807) is 6.07 Å². The second-order valence-electron chi connectivity index (χ2n) is 3.73. The van der Waals surface area contributed by atoms with Gasteiger partial charge >= 0.3 is 6.18 Å². The lowest BCUT2D eigenvalue weighted by Crippen LogP contribution is -2.25. The van der Waals surface area contributed by atoms with Crippen molar-refractivity contribution in [2.75, 3.05) is 13.2 Å². The maximum atomic E-state index is 12.8. The first-order valence-corrected chi connectivity index (χ1v) is 5.40. The fourth-order valence-corrected chi connectivity index (χ4v) is 1.65. The average Bonchev–Trinajstić information content (AvgIpc) is 3.03. The highest BCUT2D eigenvalue weighted by Crippen LogP contribution is 2.39. The van der Waals surface area contributed by atoms with Gasteiger partial charge in [0.1, 0.15) is 6.10 Å². The molecule has 0 radical (unpaired) electrons. The van der Waals surface area contributed by atoms with Crippen LogP contribution in [0.3, 0.4) is 0 Å². The van der Waals surface area contributed by atoms with Gasteiger partial charge in [-0.3, -0.25) is 0 Å². The Morgan fingerprint density at radius 3 is 2.59 bits per heavy atom. The fraction of sp³-hybridized carbons (Fsp3) is 0.455. The summed E-state index contributed by atoms with van der Waals surface area (Å²) in [6, 6.07) is 5.79. The molecule has 94 valence electrons. The molecule has 2 nitrogen and oxygen atoms in total. The largest absolute Gasteiger partial charge is 0.418 e. The summed E-state index contributed by atoms with van der Waals surface area (Å²) in [7, 11) is 0. The Hall–Kier alpha value is -0.780. The number of halogens is 4. The summed E-state index contributed by atoms with van der Waals surface area (Å²) in [5.41, 5.74) is -0.0673. The molecule has 0 amide bonds. The van der Waals surface area contributed by atoms with Crippen LogP contribution >= 0.6 is 11.6 Å². The molecule has 17 heavy (non-hydrogen) atoms. The second kappa shape index (κ2) is 4.84. The highest BCUT2D eigenvalue weighted by Gasteiger charge is 2.43. The lowest BCUT2D eigenvalue weighted by Gasteiger charge is -2.21. The first-order valence-electron chi connectivity index (χ1n) is 5.03. The van der Waals surface area contributed by atoms with Gasteiger partial charge in [0.15, 0.2) is 6.10 Å². The zero-order chi connectivity index (χ0) is 12.5. The number of benzene rings is 1. The number of rotatable bonds is 4. The van der Waals surface area contributed by atoms with E-state index in [9.17, 15) is 13.2 Å². The van der Waals surface area contributed by atoms with E-state index in [0.717, 1.165) is 0 Å². The van der Waals surface area contributed by atoms with Gasteiger partial charge in [-0.05, 0) is 6.07 Å². The standard InChI is InChI=1S/C11H10ClF3O2/c12-9-4-2-1-3-8(9)10(11(13,14)15)17-6-7-5-16-7/h1-4,7,10H,5-6H2/t7-,10+/m1/s1. The van der Waals surface area contributed by atoms with Gasteiger partial charge in [-0.15, -0.1) is 0 Å². The van der Waals surface area contributed by atoms with Crippen molar-refractivity contribution in [1.82, 2.24) is 0 Å². The molecule has 1 fully saturated rings. The zero-order valence-corrected chi connectivity index (χ0v) is 9.46. The fourth-order valence-electron chi connectivity index (χ4n) is 1.42. The summed E-state index contributed by atoms with van der Waals surface area (Å²) in [6.45, 7) is 0.377. The van der Waals surface area contributed by atoms with Gasteiger partial charge in [0, 0.05) is 10.6 Å². The monoisotopic (exact) mass is 266 g/mol. The number of ether oxygens (including phenoxy) is 2. The van der Waals surface area contributed by atoms with Crippen LogP contribution < -0.4 is 0 Å². The molecule has 2 rings (SSSR count). The van der Waals surface area contributed by atoms with Crippen LogP contribution in [0.15, 0.2) is 24.3 Å². The molecule has 0 saturated carbocycles. The Balaban J connectivity index is 2.16. The van der Waals surface area contributed by atoms with Crippen LogP contribution in [-0.2, 0) is 9.47 Å². The molecule has 0 aliphatic carbocycles. The third-order valence-corrected chi connectivity index (χ3v) is 2.68. The van der Waals surface area contributed by atoms with Crippen molar-refractivity contribution in [2.24, 2.45) is 0 Å². The molecule has 1 aliphatic heterocycles. The Morgan fingerprint density at radius 1 is 1.41 bits per heavy atom. The SMILES string of the molecule is FC(F)(F)[C@@H](OC[C@H]1CO1)c1ccccc1Cl. The van der Waals surface area contributed by atoms with Crippen molar-refractivity contribution in [3.05, 3.63) is 34.9 Å². The molecule has 6 heteroatoms. The molecule has 1 heterocycles. The smallest absolute Gasteiger partial charge is 0.371 e. The number of alkyl halides is 3. The highest BCUT2D eigenvalue weighted by molar-refractivity contribution is 6.31. The topological polar surface area (TPSA) is 21.8 Å². The van der Waals surface area contributed by atoms with Crippen molar-refractivity contribution >= 4 is 11.6 Å². The number of hydrogen-bond acceptors (Lipinski definition) is 2. The minimum absolute atomic E-state index is 0.0477. The van der Waals surface area contributed by atoms with Gasteiger partial charge in [-0.1, -0.05) is 29.8 Å². The third-order valence-electron chi connectivity index (χ3n) is 2.34. The van der Waals surface area contributed by atoms with E-state index in [1.165, 1.54) is 18.2 Å². The van der Waals surface area contributed by atoms with Crippen LogP contribution in [0.25, 0.3) is 0 Å². The maximum Gasteiger partial charge on any atom is 0.418 e. The molecule has 0 unspecified atom stereocenters. The molecule has 0 bridgehead atoms. The highest BCUT2D eigenvalue weighted by atomic mass is 35.5. The molecule has 1 aliphatic rings. The van der Waals surface area contributed by atoms with Crippen molar-refractivity contribution in [2.45, 2.75) is 18.4 Å². The normalized spacial score (nSPS) is 21.3. The number of hydrogen-bond donors (Lipinski definition) is 0. The minimum Gasteiger partial charge on any atom is -0.371 e. The van der Waals surface area contributed by atoms with E-state index in [0.29, 0.717) is 6.61 Å². The van der Waals surface area contributed by atoms with Crippen molar-refractivity contribution in [3.63, 3.8) is 0 Å². The predicted molar refractivity (Wildman–Crippen MR) is 55.9 cm³/mol. The Morgan fingerprint density at radius 2 is 2.06 bits per heavy atom. The van der Waals surface area contributed by atoms with Gasteiger partial charge in [0.2, 0.25) is 0 Å². The van der Waals surface area contributed by atoms with E-state index in [1.807, 2.05) is 0 Å².